The maximum atomic E-state index is 12.1. The predicted octanol–water partition coefficient (Wildman–Crippen LogP) is 4.70. The normalized spacial score (nSPS) is 11.1. The number of aromatic nitrogens is 1. The number of nitrogens with zero attached hydrogens (tertiary/aromatic N) is 2. The number of aromatic carboxylic acids is 1. The van der Waals surface area contributed by atoms with Gasteiger partial charge in [-0.3, -0.25) is 0 Å². The Morgan fingerprint density at radius 1 is 1.27 bits per heavy atom. The topological polar surface area (TPSA) is 65.7 Å². The van der Waals surface area contributed by atoms with Gasteiger partial charge in [-0.25, -0.2) is 4.79 Å². The Hall–Kier alpha value is -2.12. The maximum Gasteiger partial charge on any atom is 0.338 e. The fourth-order valence-electron chi connectivity index (χ4n) is 3.08. The van der Waals surface area contributed by atoms with Gasteiger partial charge in [0.05, 0.1) is 21.2 Å². The van der Waals surface area contributed by atoms with Crippen molar-refractivity contribution >= 4 is 50.3 Å². The van der Waals surface area contributed by atoms with Crippen molar-refractivity contribution in [2.75, 3.05) is 19.0 Å². The second-order valence-electron chi connectivity index (χ2n) is 6.13. The van der Waals surface area contributed by atoms with Gasteiger partial charge in [0.15, 0.2) is 5.75 Å². The van der Waals surface area contributed by atoms with Crippen LogP contribution in [-0.4, -0.2) is 34.8 Å². The number of benzene rings is 2. The molecule has 3 aromatic rings. The smallest absolute Gasteiger partial charge is 0.338 e. The lowest BCUT2D eigenvalue weighted by Gasteiger charge is -2.17. The molecule has 26 heavy (non-hydrogen) atoms. The lowest BCUT2D eigenvalue weighted by Crippen LogP contribution is -2.11. The molecule has 136 valence electrons. The van der Waals surface area contributed by atoms with Crippen LogP contribution in [0, 0.1) is 0 Å². The predicted molar refractivity (Wildman–Crippen MR) is 110 cm³/mol. The Balaban J connectivity index is 2.23. The van der Waals surface area contributed by atoms with Gasteiger partial charge >= 0.3 is 5.97 Å². The lowest BCUT2D eigenvalue weighted by molar-refractivity contribution is 0.0698. The third kappa shape index (κ3) is 3.17. The minimum Gasteiger partial charge on any atom is -0.505 e. The SMILES string of the molecule is CN(C)c1c(O)c(Br)cc2c1c(C(=O)O)c(CSc1ccccc1)n2C. The summed E-state index contributed by atoms with van der Waals surface area (Å²) in [5, 5.41) is 20.9. The number of phenols is 1. The van der Waals surface area contributed by atoms with Gasteiger partial charge in [-0.15, -0.1) is 11.8 Å². The van der Waals surface area contributed by atoms with Crippen LogP contribution in [0.5, 0.6) is 5.75 Å². The zero-order chi connectivity index (χ0) is 19.0. The first-order valence-corrected chi connectivity index (χ1v) is 9.72. The first-order valence-electron chi connectivity index (χ1n) is 7.94. The third-order valence-corrected chi connectivity index (χ3v) is 5.92. The molecule has 2 N–H and O–H groups in total. The summed E-state index contributed by atoms with van der Waals surface area (Å²) in [6.07, 6.45) is 0. The number of aryl methyl sites for hydroxylation is 1. The van der Waals surface area contributed by atoms with Crippen LogP contribution in [0.15, 0.2) is 45.8 Å². The lowest BCUT2D eigenvalue weighted by atomic mass is 10.1. The Morgan fingerprint density at radius 2 is 1.92 bits per heavy atom. The van der Waals surface area contributed by atoms with Crippen LogP contribution in [0.25, 0.3) is 10.9 Å². The summed E-state index contributed by atoms with van der Waals surface area (Å²) < 4.78 is 2.43. The van der Waals surface area contributed by atoms with Crippen molar-refractivity contribution in [3.05, 3.63) is 52.1 Å². The summed E-state index contributed by atoms with van der Waals surface area (Å²) in [5.74, 6) is -0.441. The van der Waals surface area contributed by atoms with E-state index in [2.05, 4.69) is 15.9 Å². The minimum absolute atomic E-state index is 0.0397. The molecule has 0 spiro atoms. The monoisotopic (exact) mass is 434 g/mol. The molecule has 0 aliphatic heterocycles. The molecule has 0 bridgehead atoms. The van der Waals surface area contributed by atoms with Crippen LogP contribution in [0.2, 0.25) is 0 Å². The van der Waals surface area contributed by atoms with Crippen molar-refractivity contribution in [3.63, 3.8) is 0 Å². The van der Waals surface area contributed by atoms with Gasteiger partial charge in [0.1, 0.15) is 0 Å². The Morgan fingerprint density at radius 3 is 2.50 bits per heavy atom. The van der Waals surface area contributed by atoms with Crippen LogP contribution in [0.4, 0.5) is 5.69 Å². The van der Waals surface area contributed by atoms with E-state index in [1.165, 1.54) is 0 Å². The van der Waals surface area contributed by atoms with Crippen LogP contribution >= 0.6 is 27.7 Å². The number of hydrogen-bond acceptors (Lipinski definition) is 4. The summed E-state index contributed by atoms with van der Waals surface area (Å²) in [5.41, 5.74) is 2.21. The Labute approximate surface area is 164 Å². The molecule has 3 rings (SSSR count). The fourth-order valence-corrected chi connectivity index (χ4v) is 4.48. The number of carbonyl (C=O) groups is 1. The Kier molecular flexibility index (Phi) is 5.20. The summed E-state index contributed by atoms with van der Waals surface area (Å²) in [6, 6.07) is 11.6. The van der Waals surface area contributed by atoms with Crippen molar-refractivity contribution in [3.8, 4) is 5.75 Å². The molecule has 0 saturated carbocycles. The molecule has 0 fully saturated rings. The van der Waals surface area contributed by atoms with Gasteiger partial charge in [0, 0.05) is 42.9 Å². The number of rotatable bonds is 5. The molecule has 0 unspecified atom stereocenters. The van der Waals surface area contributed by atoms with Crippen LogP contribution in [-0.2, 0) is 12.8 Å². The first-order chi connectivity index (χ1) is 12.3. The van der Waals surface area contributed by atoms with Crippen LogP contribution < -0.4 is 4.90 Å². The average Bonchev–Trinajstić information content (AvgIpc) is 2.86. The highest BCUT2D eigenvalue weighted by molar-refractivity contribution is 9.10. The van der Waals surface area contributed by atoms with E-state index in [-0.39, 0.29) is 11.3 Å². The van der Waals surface area contributed by atoms with E-state index in [1.54, 1.807) is 36.8 Å². The molecule has 0 radical (unpaired) electrons. The zero-order valence-corrected chi connectivity index (χ0v) is 17.1. The molecule has 0 saturated heterocycles. The maximum absolute atomic E-state index is 12.1. The van der Waals surface area contributed by atoms with E-state index in [0.29, 0.717) is 27.0 Å². The molecular weight excluding hydrogens is 416 g/mol. The van der Waals surface area contributed by atoms with Crippen molar-refractivity contribution in [2.45, 2.75) is 10.6 Å². The van der Waals surface area contributed by atoms with E-state index in [9.17, 15) is 15.0 Å². The van der Waals surface area contributed by atoms with Crippen LogP contribution in [0.3, 0.4) is 0 Å². The summed E-state index contributed by atoms with van der Waals surface area (Å²) in [4.78, 5) is 14.9. The van der Waals surface area contributed by atoms with Gasteiger partial charge in [-0.05, 0) is 34.1 Å². The summed E-state index contributed by atoms with van der Waals surface area (Å²) in [6.45, 7) is 0. The Bertz CT molecular complexity index is 984. The molecule has 2 aromatic carbocycles. The van der Waals surface area contributed by atoms with E-state index in [0.717, 1.165) is 10.4 Å². The quantitative estimate of drug-likeness (QED) is 0.569. The molecule has 1 aromatic heterocycles. The molecule has 0 atom stereocenters. The van der Waals surface area contributed by atoms with Gasteiger partial charge in [0.25, 0.3) is 0 Å². The first kappa shape index (κ1) is 18.7. The highest BCUT2D eigenvalue weighted by Gasteiger charge is 2.26. The van der Waals surface area contributed by atoms with Gasteiger partial charge in [0.2, 0.25) is 0 Å². The molecule has 7 heteroatoms. The molecule has 0 aliphatic rings. The standard InChI is InChI=1S/C19H19BrN2O3S/c1-21(2)17-15-13(9-12(20)18(17)23)22(3)14(16(15)19(24)25)10-26-11-7-5-4-6-8-11/h4-9,23H,10H2,1-3H3,(H,24,25). The number of fused-ring (bicyclic) bond motifs is 1. The van der Waals surface area contributed by atoms with E-state index in [4.69, 9.17) is 0 Å². The fraction of sp³-hybridized carbons (Fsp3) is 0.211. The molecule has 1 heterocycles. The van der Waals surface area contributed by atoms with Gasteiger partial charge in [-0.1, -0.05) is 18.2 Å². The highest BCUT2D eigenvalue weighted by atomic mass is 79.9. The van der Waals surface area contributed by atoms with Crippen molar-refractivity contribution in [1.29, 1.82) is 0 Å². The third-order valence-electron chi connectivity index (χ3n) is 4.29. The molecule has 0 aliphatic carbocycles. The van der Waals surface area contributed by atoms with E-state index >= 15 is 0 Å². The van der Waals surface area contributed by atoms with Crippen molar-refractivity contribution in [2.24, 2.45) is 7.05 Å². The molecular formula is C19H19BrN2O3S. The average molecular weight is 435 g/mol. The van der Waals surface area contributed by atoms with Crippen LogP contribution in [0.1, 0.15) is 16.1 Å². The largest absolute Gasteiger partial charge is 0.505 e. The number of halogens is 1. The number of aromatic hydroxyl groups is 1. The number of phenolic OH excluding ortho intramolecular Hbond substituents is 1. The van der Waals surface area contributed by atoms with Crippen molar-refractivity contribution < 1.29 is 15.0 Å². The van der Waals surface area contributed by atoms with E-state index in [1.807, 2.05) is 41.9 Å². The summed E-state index contributed by atoms with van der Waals surface area (Å²) >= 11 is 4.96. The zero-order valence-electron chi connectivity index (χ0n) is 14.7. The number of anilines is 1. The minimum atomic E-state index is -0.996. The molecule has 5 nitrogen and oxygen atoms in total. The number of carboxylic acid groups (broad SMARTS) is 1. The summed E-state index contributed by atoms with van der Waals surface area (Å²) in [7, 11) is 5.44. The second-order valence-corrected chi connectivity index (χ2v) is 8.03. The number of carboxylic acids is 1. The second kappa shape index (κ2) is 7.25. The number of hydrogen-bond donors (Lipinski definition) is 2. The van der Waals surface area contributed by atoms with Gasteiger partial charge < -0.3 is 19.7 Å². The van der Waals surface area contributed by atoms with E-state index < -0.39 is 5.97 Å². The molecule has 0 amide bonds. The van der Waals surface area contributed by atoms with Crippen molar-refractivity contribution in [1.82, 2.24) is 4.57 Å². The number of thioether (sulfide) groups is 1. The van der Waals surface area contributed by atoms with Gasteiger partial charge in [-0.2, -0.15) is 0 Å². The highest BCUT2D eigenvalue weighted by Crippen LogP contribution is 2.44.